The molecule has 0 bridgehead atoms. The van der Waals surface area contributed by atoms with Crippen LogP contribution >= 0.6 is 0 Å². The SMILES string of the molecule is C=CCc1ccc(C2CCC(O)CC2)cc1. The Bertz CT molecular complexity index is 331. The molecule has 16 heavy (non-hydrogen) atoms. The maximum atomic E-state index is 9.48. The summed E-state index contributed by atoms with van der Waals surface area (Å²) in [6.07, 6.45) is 6.99. The Balaban J connectivity index is 2.01. The molecule has 0 atom stereocenters. The van der Waals surface area contributed by atoms with Gasteiger partial charge in [-0.05, 0) is 49.1 Å². The highest BCUT2D eigenvalue weighted by atomic mass is 16.3. The molecular weight excluding hydrogens is 196 g/mol. The van der Waals surface area contributed by atoms with Crippen LogP contribution in [0, 0.1) is 0 Å². The Labute approximate surface area is 97.8 Å². The van der Waals surface area contributed by atoms with Crippen LogP contribution in [0.1, 0.15) is 42.7 Å². The summed E-state index contributed by atoms with van der Waals surface area (Å²) in [5.41, 5.74) is 2.76. The van der Waals surface area contributed by atoms with Crippen molar-refractivity contribution >= 4 is 0 Å². The molecule has 2 rings (SSSR count). The highest BCUT2D eigenvalue weighted by Crippen LogP contribution is 2.32. The first-order valence-corrected chi connectivity index (χ1v) is 6.17. The lowest BCUT2D eigenvalue weighted by molar-refractivity contribution is 0.122. The van der Waals surface area contributed by atoms with Crippen LogP contribution in [0.25, 0.3) is 0 Å². The minimum absolute atomic E-state index is 0.0590. The number of hydrogen-bond donors (Lipinski definition) is 1. The van der Waals surface area contributed by atoms with Crippen molar-refractivity contribution in [1.82, 2.24) is 0 Å². The second-order valence-electron chi connectivity index (χ2n) is 4.74. The summed E-state index contributed by atoms with van der Waals surface area (Å²) in [5, 5.41) is 9.48. The van der Waals surface area contributed by atoms with Crippen LogP contribution in [0.3, 0.4) is 0 Å². The normalized spacial score (nSPS) is 25.3. The maximum Gasteiger partial charge on any atom is 0.0540 e. The van der Waals surface area contributed by atoms with Gasteiger partial charge in [-0.2, -0.15) is 0 Å². The molecule has 1 aliphatic rings. The quantitative estimate of drug-likeness (QED) is 0.767. The van der Waals surface area contributed by atoms with Crippen LogP contribution in [-0.4, -0.2) is 11.2 Å². The predicted molar refractivity (Wildman–Crippen MR) is 67.6 cm³/mol. The Morgan fingerprint density at radius 2 is 1.75 bits per heavy atom. The van der Waals surface area contributed by atoms with E-state index in [1.807, 2.05) is 6.08 Å². The van der Waals surface area contributed by atoms with Crippen molar-refractivity contribution in [1.29, 1.82) is 0 Å². The van der Waals surface area contributed by atoms with Gasteiger partial charge >= 0.3 is 0 Å². The van der Waals surface area contributed by atoms with Crippen molar-refractivity contribution in [3.8, 4) is 0 Å². The second kappa shape index (κ2) is 5.31. The van der Waals surface area contributed by atoms with E-state index < -0.39 is 0 Å². The van der Waals surface area contributed by atoms with E-state index in [0.29, 0.717) is 5.92 Å². The lowest BCUT2D eigenvalue weighted by Crippen LogP contribution is -2.16. The summed E-state index contributed by atoms with van der Waals surface area (Å²) < 4.78 is 0. The molecule has 0 amide bonds. The molecule has 1 nitrogen and oxygen atoms in total. The number of rotatable bonds is 3. The molecule has 0 unspecified atom stereocenters. The Hall–Kier alpha value is -1.08. The predicted octanol–water partition coefficient (Wildman–Crippen LogP) is 3.43. The van der Waals surface area contributed by atoms with E-state index in [0.717, 1.165) is 32.1 Å². The molecule has 1 fully saturated rings. The summed E-state index contributed by atoms with van der Waals surface area (Å²) in [6.45, 7) is 3.75. The molecule has 0 saturated heterocycles. The average Bonchev–Trinajstić information content (AvgIpc) is 2.32. The van der Waals surface area contributed by atoms with Crippen LogP contribution in [-0.2, 0) is 6.42 Å². The molecule has 0 aliphatic heterocycles. The van der Waals surface area contributed by atoms with E-state index in [1.165, 1.54) is 11.1 Å². The maximum absolute atomic E-state index is 9.48. The van der Waals surface area contributed by atoms with E-state index >= 15 is 0 Å². The highest BCUT2D eigenvalue weighted by Gasteiger charge is 2.20. The Kier molecular flexibility index (Phi) is 3.79. The smallest absolute Gasteiger partial charge is 0.0540 e. The van der Waals surface area contributed by atoms with Gasteiger partial charge in [0.1, 0.15) is 0 Å². The molecule has 1 aliphatic carbocycles. The molecule has 1 heteroatoms. The fourth-order valence-electron chi connectivity index (χ4n) is 2.50. The summed E-state index contributed by atoms with van der Waals surface area (Å²) in [6, 6.07) is 8.87. The van der Waals surface area contributed by atoms with Crippen LogP contribution in [0.5, 0.6) is 0 Å². The molecule has 1 aromatic rings. The van der Waals surface area contributed by atoms with Crippen LogP contribution < -0.4 is 0 Å². The molecule has 0 radical (unpaired) electrons. The minimum Gasteiger partial charge on any atom is -0.393 e. The van der Waals surface area contributed by atoms with Gasteiger partial charge in [-0.1, -0.05) is 30.3 Å². The fourth-order valence-corrected chi connectivity index (χ4v) is 2.50. The number of allylic oxidation sites excluding steroid dienone is 1. The van der Waals surface area contributed by atoms with E-state index in [2.05, 4.69) is 30.8 Å². The number of aliphatic hydroxyl groups excluding tert-OH is 1. The summed E-state index contributed by atoms with van der Waals surface area (Å²) >= 11 is 0. The van der Waals surface area contributed by atoms with Gasteiger partial charge in [0.25, 0.3) is 0 Å². The zero-order valence-electron chi connectivity index (χ0n) is 9.73. The van der Waals surface area contributed by atoms with Gasteiger partial charge in [-0.25, -0.2) is 0 Å². The third-order valence-electron chi connectivity index (χ3n) is 3.53. The molecule has 0 heterocycles. The minimum atomic E-state index is -0.0590. The van der Waals surface area contributed by atoms with Gasteiger partial charge in [0.05, 0.1) is 6.10 Å². The first-order valence-electron chi connectivity index (χ1n) is 6.17. The van der Waals surface area contributed by atoms with Gasteiger partial charge in [0.15, 0.2) is 0 Å². The lowest BCUT2D eigenvalue weighted by Gasteiger charge is -2.25. The zero-order chi connectivity index (χ0) is 11.4. The Morgan fingerprint density at radius 3 is 2.31 bits per heavy atom. The monoisotopic (exact) mass is 216 g/mol. The molecular formula is C15H20O. The molecule has 1 saturated carbocycles. The van der Waals surface area contributed by atoms with Crippen molar-refractivity contribution in [3.05, 3.63) is 48.0 Å². The summed E-state index contributed by atoms with van der Waals surface area (Å²) in [4.78, 5) is 0. The summed E-state index contributed by atoms with van der Waals surface area (Å²) in [5.74, 6) is 0.654. The average molecular weight is 216 g/mol. The van der Waals surface area contributed by atoms with E-state index in [9.17, 15) is 5.11 Å². The lowest BCUT2D eigenvalue weighted by atomic mass is 9.82. The van der Waals surface area contributed by atoms with Gasteiger partial charge < -0.3 is 5.11 Å². The van der Waals surface area contributed by atoms with E-state index in [4.69, 9.17) is 0 Å². The topological polar surface area (TPSA) is 20.2 Å². The van der Waals surface area contributed by atoms with E-state index in [1.54, 1.807) is 0 Å². The van der Waals surface area contributed by atoms with Gasteiger partial charge in [-0.3, -0.25) is 0 Å². The Morgan fingerprint density at radius 1 is 1.12 bits per heavy atom. The van der Waals surface area contributed by atoms with Gasteiger partial charge in [0, 0.05) is 0 Å². The molecule has 1 aromatic carbocycles. The first-order chi connectivity index (χ1) is 7.79. The zero-order valence-corrected chi connectivity index (χ0v) is 9.73. The van der Waals surface area contributed by atoms with E-state index in [-0.39, 0.29) is 6.10 Å². The van der Waals surface area contributed by atoms with Crippen LogP contribution in [0.15, 0.2) is 36.9 Å². The third-order valence-corrected chi connectivity index (χ3v) is 3.53. The number of aliphatic hydroxyl groups is 1. The van der Waals surface area contributed by atoms with Crippen molar-refractivity contribution in [2.75, 3.05) is 0 Å². The van der Waals surface area contributed by atoms with Crippen LogP contribution in [0.4, 0.5) is 0 Å². The van der Waals surface area contributed by atoms with Gasteiger partial charge in [-0.15, -0.1) is 6.58 Å². The molecule has 86 valence electrons. The number of hydrogen-bond acceptors (Lipinski definition) is 1. The van der Waals surface area contributed by atoms with Gasteiger partial charge in [0.2, 0.25) is 0 Å². The van der Waals surface area contributed by atoms with Crippen molar-refractivity contribution < 1.29 is 5.11 Å². The van der Waals surface area contributed by atoms with Crippen LogP contribution in [0.2, 0.25) is 0 Å². The summed E-state index contributed by atoms with van der Waals surface area (Å²) in [7, 11) is 0. The first kappa shape index (κ1) is 11.4. The molecule has 1 N–H and O–H groups in total. The van der Waals surface area contributed by atoms with Crippen molar-refractivity contribution in [2.45, 2.75) is 44.1 Å². The second-order valence-corrected chi connectivity index (χ2v) is 4.74. The molecule has 0 spiro atoms. The highest BCUT2D eigenvalue weighted by molar-refractivity contribution is 5.26. The molecule has 0 aromatic heterocycles. The fraction of sp³-hybridized carbons (Fsp3) is 0.467. The van der Waals surface area contributed by atoms with Crippen molar-refractivity contribution in [2.24, 2.45) is 0 Å². The van der Waals surface area contributed by atoms with Crippen molar-refractivity contribution in [3.63, 3.8) is 0 Å². The number of benzene rings is 1. The largest absolute Gasteiger partial charge is 0.393 e. The third kappa shape index (κ3) is 2.73. The standard InChI is InChI=1S/C15H20O/c1-2-3-12-4-6-13(7-5-12)14-8-10-15(16)11-9-14/h2,4-7,14-16H,1,3,8-11H2.